The van der Waals surface area contributed by atoms with E-state index in [4.69, 9.17) is 0 Å². The average Bonchev–Trinajstić information content (AvgIpc) is 3.46. The normalized spacial score (nSPS) is 29.5. The van der Waals surface area contributed by atoms with Crippen LogP contribution in [0.25, 0.3) is 0 Å². The zero-order valence-corrected chi connectivity index (χ0v) is 19.9. The number of nitrogens with zero attached hydrogens (tertiary/aromatic N) is 2. The van der Waals surface area contributed by atoms with Crippen molar-refractivity contribution in [2.75, 3.05) is 0 Å². The second-order valence-corrected chi connectivity index (χ2v) is 6.86. The topological polar surface area (TPSA) is 9.86 Å². The molecule has 0 N–H and O–H groups in total. The van der Waals surface area contributed by atoms with E-state index in [0.29, 0.717) is 25.7 Å². The minimum absolute atomic E-state index is 0. The van der Waals surface area contributed by atoms with Gasteiger partial charge in [-0.05, 0) is 62.3 Å². The number of aromatic nitrogens is 2. The molecule has 6 atom stereocenters. The van der Waals surface area contributed by atoms with Crippen LogP contribution < -0.4 is 0 Å². The van der Waals surface area contributed by atoms with Crippen LogP contribution >= 0.6 is 0 Å². The second-order valence-electron chi connectivity index (χ2n) is 6.86. The molecule has 2 aliphatic rings. The molecule has 2 aliphatic carbocycles. The molecule has 172 valence electrons. The van der Waals surface area contributed by atoms with E-state index in [1.165, 1.54) is 0 Å². The van der Waals surface area contributed by atoms with Gasteiger partial charge in [-0.15, -0.1) is 0 Å². The van der Waals surface area contributed by atoms with Crippen LogP contribution in [0.2, 0.25) is 0 Å². The quantitative estimate of drug-likeness (QED) is 0.250. The Morgan fingerprint density at radius 1 is 0.613 bits per heavy atom. The fourth-order valence-corrected chi connectivity index (χ4v) is 3.59. The summed E-state index contributed by atoms with van der Waals surface area (Å²) in [5.74, 6) is 0. The van der Waals surface area contributed by atoms with E-state index in [2.05, 4.69) is 13.8 Å². The summed E-state index contributed by atoms with van der Waals surface area (Å²) in [5, 5.41) is 0. The van der Waals surface area contributed by atoms with Crippen LogP contribution in [0.3, 0.4) is 0 Å². The Hall–Kier alpha value is -1.01. The maximum Gasteiger partial charge on any atom is 4.00 e. The average molecular weight is 474 g/mol. The minimum Gasteiger partial charge on any atom is -0.351 e. The van der Waals surface area contributed by atoms with Crippen LogP contribution in [-0.4, -0.2) is 33.8 Å². The van der Waals surface area contributed by atoms with Crippen molar-refractivity contribution in [1.29, 1.82) is 0 Å². The Labute approximate surface area is 200 Å². The summed E-state index contributed by atoms with van der Waals surface area (Å²) in [6.45, 7) is 10.0. The summed E-state index contributed by atoms with van der Waals surface area (Å²) in [7, 11) is 0. The van der Waals surface area contributed by atoms with Crippen LogP contribution in [0.15, 0.2) is 49.1 Å². The van der Waals surface area contributed by atoms with Crippen molar-refractivity contribution in [3.63, 3.8) is 0 Å². The van der Waals surface area contributed by atoms with E-state index in [1.54, 1.807) is 13.8 Å². The Morgan fingerprint density at radius 2 is 0.903 bits per heavy atom. The third-order valence-electron chi connectivity index (χ3n) is 5.02. The molecular formula is C24H34F4N2Ti. The van der Waals surface area contributed by atoms with Crippen molar-refractivity contribution in [3.8, 4) is 0 Å². The van der Waals surface area contributed by atoms with Gasteiger partial charge in [0, 0.05) is 49.2 Å². The van der Waals surface area contributed by atoms with Crippen molar-refractivity contribution in [1.82, 2.24) is 9.13 Å². The van der Waals surface area contributed by atoms with Crippen molar-refractivity contribution < 1.29 is 39.3 Å². The van der Waals surface area contributed by atoms with Gasteiger partial charge in [-0.1, -0.05) is 0 Å². The Kier molecular flexibility index (Phi) is 16.1. The van der Waals surface area contributed by atoms with Crippen LogP contribution in [0.1, 0.15) is 51.6 Å². The molecule has 2 aromatic heterocycles. The van der Waals surface area contributed by atoms with E-state index in [-0.39, 0.29) is 33.8 Å². The van der Waals surface area contributed by atoms with Gasteiger partial charge in [0.05, 0.1) is 0 Å². The zero-order valence-electron chi connectivity index (χ0n) is 18.4. The molecule has 2 aromatic rings. The standard InChI is InChI=1S/2C10H12F2N.2C2H5.Ti/c2*11-8-3-4-10(9(12)7-8)13-5-1-2-6-13;2*1-2;/h2*1-2,5-10H,3-4H2;2*1H2,2H3;/q4*-1;+4. The van der Waals surface area contributed by atoms with Crippen molar-refractivity contribution in [3.05, 3.63) is 75.7 Å². The number of hydrogen-bond donors (Lipinski definition) is 0. The molecule has 31 heavy (non-hydrogen) atoms. The molecule has 4 rings (SSSR count). The molecule has 0 spiro atoms. The summed E-state index contributed by atoms with van der Waals surface area (Å²) in [6.07, 6.45) is 7.19. The number of halogens is 4. The van der Waals surface area contributed by atoms with E-state index < -0.39 is 24.7 Å². The van der Waals surface area contributed by atoms with E-state index in [1.807, 2.05) is 58.2 Å². The summed E-state index contributed by atoms with van der Waals surface area (Å²) in [5.41, 5.74) is 0. The molecule has 0 saturated heterocycles. The summed E-state index contributed by atoms with van der Waals surface area (Å²) in [4.78, 5) is 0. The molecule has 0 aromatic carbocycles. The first-order valence-corrected chi connectivity index (χ1v) is 10.5. The van der Waals surface area contributed by atoms with Crippen LogP contribution in [0.4, 0.5) is 17.6 Å². The van der Waals surface area contributed by atoms with Gasteiger partial charge in [0.1, 0.15) is 0 Å². The van der Waals surface area contributed by atoms with E-state index >= 15 is 0 Å². The summed E-state index contributed by atoms with van der Waals surface area (Å²) in [6, 6.07) is 7.01. The fourth-order valence-electron chi connectivity index (χ4n) is 3.59. The molecule has 7 heteroatoms. The molecule has 0 amide bonds. The van der Waals surface area contributed by atoms with Crippen LogP contribution in [-0.2, 0) is 21.7 Å². The van der Waals surface area contributed by atoms with Gasteiger partial charge in [-0.2, -0.15) is 13.8 Å². The van der Waals surface area contributed by atoms with Crippen molar-refractivity contribution in [2.45, 2.75) is 76.3 Å². The Bertz CT molecular complexity index is 580. The zero-order chi connectivity index (χ0) is 22.5. The third kappa shape index (κ3) is 9.57. The number of hydrogen-bond acceptors (Lipinski definition) is 0. The van der Waals surface area contributed by atoms with E-state index in [0.717, 1.165) is 12.8 Å². The smallest absolute Gasteiger partial charge is 0.351 e. The third-order valence-corrected chi connectivity index (χ3v) is 5.02. The van der Waals surface area contributed by atoms with Gasteiger partial charge in [0.25, 0.3) is 0 Å². The molecule has 0 aliphatic heterocycles. The monoisotopic (exact) mass is 474 g/mol. The Morgan fingerprint density at radius 3 is 1.16 bits per heavy atom. The van der Waals surface area contributed by atoms with Crippen molar-refractivity contribution >= 4 is 0 Å². The molecule has 0 bridgehead atoms. The van der Waals surface area contributed by atoms with Gasteiger partial charge in [-0.3, -0.25) is 30.4 Å². The first kappa shape index (κ1) is 30.0. The van der Waals surface area contributed by atoms with Crippen LogP contribution in [0.5, 0.6) is 0 Å². The maximum atomic E-state index is 13.3. The minimum atomic E-state index is -1.16. The molecular weight excluding hydrogens is 440 g/mol. The SMILES string of the molecule is FC1[CH-]C(F)C(n2cccc2)CC1.FC1[CH-]C(F)C(n2cccc2)CC1.[CH2-]C.[CH2-]C.[Ti+4]. The van der Waals surface area contributed by atoms with Crippen LogP contribution in [0, 0.1) is 26.7 Å². The molecule has 2 heterocycles. The molecule has 0 radical (unpaired) electrons. The van der Waals surface area contributed by atoms with Gasteiger partial charge < -0.3 is 23.0 Å². The number of rotatable bonds is 2. The second kappa shape index (κ2) is 16.6. The van der Waals surface area contributed by atoms with E-state index in [9.17, 15) is 17.6 Å². The maximum absolute atomic E-state index is 13.3. The fraction of sp³-hybridized carbons (Fsp3) is 0.500. The Balaban J connectivity index is 0.000000487. The number of alkyl halides is 4. The summed E-state index contributed by atoms with van der Waals surface area (Å²) >= 11 is 0. The first-order valence-electron chi connectivity index (χ1n) is 10.5. The van der Waals surface area contributed by atoms with Gasteiger partial charge in [0.15, 0.2) is 0 Å². The van der Waals surface area contributed by atoms with Crippen molar-refractivity contribution in [2.24, 2.45) is 0 Å². The molecule has 2 saturated carbocycles. The summed E-state index contributed by atoms with van der Waals surface area (Å²) < 4.78 is 55.8. The van der Waals surface area contributed by atoms with Gasteiger partial charge in [0.2, 0.25) is 0 Å². The molecule has 2 nitrogen and oxygen atoms in total. The van der Waals surface area contributed by atoms with Gasteiger partial charge in [-0.25, -0.2) is 0 Å². The van der Waals surface area contributed by atoms with Gasteiger partial charge >= 0.3 is 21.7 Å². The molecule has 6 unspecified atom stereocenters. The predicted octanol–water partition coefficient (Wildman–Crippen LogP) is 7.09. The first-order chi connectivity index (χ1) is 14.5. The molecule has 2 fully saturated rings. The largest absolute Gasteiger partial charge is 4.00 e. The predicted molar refractivity (Wildman–Crippen MR) is 116 cm³/mol.